The van der Waals surface area contributed by atoms with Crippen molar-refractivity contribution in [1.82, 2.24) is 9.88 Å². The summed E-state index contributed by atoms with van der Waals surface area (Å²) in [6.45, 7) is 1.78. The topological polar surface area (TPSA) is 25.4 Å². The molecule has 0 unspecified atom stereocenters. The zero-order valence-corrected chi connectivity index (χ0v) is 14.8. The monoisotopic (exact) mass is 332 g/mol. The summed E-state index contributed by atoms with van der Waals surface area (Å²) in [5.74, 6) is 1.04. The van der Waals surface area contributed by atoms with Crippen LogP contribution in [0.4, 0.5) is 0 Å². The van der Waals surface area contributed by atoms with Crippen LogP contribution in [0.15, 0.2) is 18.2 Å². The normalized spacial score (nSPS) is 14.8. The van der Waals surface area contributed by atoms with E-state index in [9.17, 15) is 0 Å². The zero-order valence-electron chi connectivity index (χ0n) is 14.1. The smallest absolute Gasteiger partial charge is 0.133 e. The van der Waals surface area contributed by atoms with Crippen LogP contribution in [0.2, 0.25) is 5.02 Å². The first kappa shape index (κ1) is 16.5. The molecule has 1 aromatic heterocycles. The summed E-state index contributed by atoms with van der Waals surface area (Å²) in [6.07, 6.45) is 6.86. The lowest BCUT2D eigenvalue weighted by atomic mass is 10.0. The number of aryl methyl sites for hydroxylation is 1. The van der Waals surface area contributed by atoms with Gasteiger partial charge in [0.1, 0.15) is 5.75 Å². The SMILES string of the molecule is CN(C)CCCOc1c2c(nc3cc(Cl)ccc13)CCCCC2. The van der Waals surface area contributed by atoms with Crippen LogP contribution < -0.4 is 4.74 Å². The van der Waals surface area contributed by atoms with Gasteiger partial charge in [-0.25, -0.2) is 0 Å². The molecule has 0 saturated carbocycles. The lowest BCUT2D eigenvalue weighted by Crippen LogP contribution is -2.16. The number of fused-ring (bicyclic) bond motifs is 2. The molecule has 23 heavy (non-hydrogen) atoms. The van der Waals surface area contributed by atoms with Crippen molar-refractivity contribution in [3.63, 3.8) is 0 Å². The fraction of sp³-hybridized carbons (Fsp3) is 0.526. The molecule has 3 rings (SSSR count). The van der Waals surface area contributed by atoms with E-state index in [0.29, 0.717) is 0 Å². The number of nitrogens with zero attached hydrogens (tertiary/aromatic N) is 2. The van der Waals surface area contributed by atoms with Crippen LogP contribution in [-0.4, -0.2) is 37.1 Å². The molecule has 0 amide bonds. The summed E-state index contributed by atoms with van der Waals surface area (Å²) in [6, 6.07) is 5.94. The molecule has 4 heteroatoms. The summed E-state index contributed by atoms with van der Waals surface area (Å²) < 4.78 is 6.25. The summed E-state index contributed by atoms with van der Waals surface area (Å²) in [5, 5.41) is 1.83. The Morgan fingerprint density at radius 2 is 2.00 bits per heavy atom. The van der Waals surface area contributed by atoms with E-state index in [0.717, 1.165) is 54.1 Å². The van der Waals surface area contributed by atoms with Gasteiger partial charge in [-0.15, -0.1) is 0 Å². The average Bonchev–Trinajstić information content (AvgIpc) is 2.75. The van der Waals surface area contributed by atoms with E-state index >= 15 is 0 Å². The molecule has 2 aromatic rings. The second-order valence-corrected chi connectivity index (χ2v) is 7.03. The lowest BCUT2D eigenvalue weighted by Gasteiger charge is -2.17. The van der Waals surface area contributed by atoms with E-state index in [1.165, 1.54) is 30.5 Å². The van der Waals surface area contributed by atoms with Gasteiger partial charge in [-0.2, -0.15) is 0 Å². The fourth-order valence-electron chi connectivity index (χ4n) is 3.25. The first-order chi connectivity index (χ1) is 11.1. The van der Waals surface area contributed by atoms with Gasteiger partial charge in [-0.05, 0) is 64.4 Å². The van der Waals surface area contributed by atoms with Crippen molar-refractivity contribution < 1.29 is 4.74 Å². The van der Waals surface area contributed by atoms with Gasteiger partial charge in [-0.3, -0.25) is 4.98 Å². The quantitative estimate of drug-likeness (QED) is 0.596. The number of pyridine rings is 1. The Kier molecular flexibility index (Phi) is 5.39. The molecule has 0 fully saturated rings. The maximum absolute atomic E-state index is 6.25. The summed E-state index contributed by atoms with van der Waals surface area (Å²) in [4.78, 5) is 7.07. The first-order valence-corrected chi connectivity index (χ1v) is 8.91. The van der Waals surface area contributed by atoms with Crippen molar-refractivity contribution in [1.29, 1.82) is 0 Å². The Balaban J connectivity index is 1.96. The number of ether oxygens (including phenoxy) is 1. The Morgan fingerprint density at radius 3 is 2.83 bits per heavy atom. The molecule has 0 saturated heterocycles. The van der Waals surface area contributed by atoms with Crippen molar-refractivity contribution >= 4 is 22.5 Å². The average molecular weight is 333 g/mol. The number of hydrogen-bond acceptors (Lipinski definition) is 3. The van der Waals surface area contributed by atoms with Gasteiger partial charge in [0.05, 0.1) is 12.1 Å². The third-order valence-electron chi connectivity index (χ3n) is 4.42. The Morgan fingerprint density at radius 1 is 1.17 bits per heavy atom. The van der Waals surface area contributed by atoms with Gasteiger partial charge in [0.25, 0.3) is 0 Å². The van der Waals surface area contributed by atoms with E-state index in [2.05, 4.69) is 25.1 Å². The zero-order chi connectivity index (χ0) is 16.2. The molecule has 1 aliphatic rings. The van der Waals surface area contributed by atoms with Crippen molar-refractivity contribution in [2.45, 2.75) is 38.5 Å². The van der Waals surface area contributed by atoms with Gasteiger partial charge in [0, 0.05) is 28.2 Å². The molecule has 1 heterocycles. The van der Waals surface area contributed by atoms with Gasteiger partial charge in [0.2, 0.25) is 0 Å². The molecule has 0 aliphatic heterocycles. The predicted molar refractivity (Wildman–Crippen MR) is 96.7 cm³/mol. The highest BCUT2D eigenvalue weighted by atomic mass is 35.5. The molecule has 0 bridgehead atoms. The van der Waals surface area contributed by atoms with Crippen LogP contribution in [0.25, 0.3) is 10.9 Å². The van der Waals surface area contributed by atoms with Crippen LogP contribution in [-0.2, 0) is 12.8 Å². The first-order valence-electron chi connectivity index (χ1n) is 8.53. The van der Waals surface area contributed by atoms with Crippen molar-refractivity contribution in [3.05, 3.63) is 34.5 Å². The van der Waals surface area contributed by atoms with Crippen LogP contribution >= 0.6 is 11.6 Å². The van der Waals surface area contributed by atoms with Gasteiger partial charge in [0.15, 0.2) is 0 Å². The summed E-state index contributed by atoms with van der Waals surface area (Å²) >= 11 is 6.16. The van der Waals surface area contributed by atoms with E-state index in [1.807, 2.05) is 12.1 Å². The molecular weight excluding hydrogens is 308 g/mol. The maximum Gasteiger partial charge on any atom is 0.133 e. The number of rotatable bonds is 5. The molecule has 124 valence electrons. The van der Waals surface area contributed by atoms with Crippen LogP contribution in [0.5, 0.6) is 5.75 Å². The van der Waals surface area contributed by atoms with Crippen LogP contribution in [0.3, 0.4) is 0 Å². The summed E-state index contributed by atoms with van der Waals surface area (Å²) in [5.41, 5.74) is 3.49. The van der Waals surface area contributed by atoms with Gasteiger partial charge in [-0.1, -0.05) is 18.0 Å². The van der Waals surface area contributed by atoms with Crippen LogP contribution in [0.1, 0.15) is 36.9 Å². The lowest BCUT2D eigenvalue weighted by molar-refractivity contribution is 0.281. The second-order valence-electron chi connectivity index (χ2n) is 6.59. The Labute approximate surface area is 143 Å². The van der Waals surface area contributed by atoms with Crippen molar-refractivity contribution in [2.24, 2.45) is 0 Å². The van der Waals surface area contributed by atoms with E-state index < -0.39 is 0 Å². The minimum atomic E-state index is 0.733. The fourth-order valence-corrected chi connectivity index (χ4v) is 3.42. The third-order valence-corrected chi connectivity index (χ3v) is 4.65. The molecule has 0 radical (unpaired) electrons. The van der Waals surface area contributed by atoms with E-state index in [-0.39, 0.29) is 0 Å². The summed E-state index contributed by atoms with van der Waals surface area (Å²) in [7, 11) is 4.19. The number of halogens is 1. The molecule has 3 nitrogen and oxygen atoms in total. The molecule has 0 spiro atoms. The number of hydrogen-bond donors (Lipinski definition) is 0. The number of aromatic nitrogens is 1. The largest absolute Gasteiger partial charge is 0.492 e. The highest BCUT2D eigenvalue weighted by Gasteiger charge is 2.18. The predicted octanol–water partition coefficient (Wildman–Crippen LogP) is 4.49. The maximum atomic E-state index is 6.25. The highest BCUT2D eigenvalue weighted by Crippen LogP contribution is 2.35. The van der Waals surface area contributed by atoms with E-state index in [1.54, 1.807) is 0 Å². The van der Waals surface area contributed by atoms with Crippen molar-refractivity contribution in [3.8, 4) is 5.75 Å². The Bertz CT molecular complexity index is 685. The minimum absolute atomic E-state index is 0.733. The molecule has 0 N–H and O–H groups in total. The Hall–Kier alpha value is -1.32. The standard InChI is InChI=1S/C19H25ClN2O/c1-22(2)11-6-12-23-19-15-7-4-3-5-8-17(15)21-18-13-14(20)9-10-16(18)19/h9-10,13H,3-8,11-12H2,1-2H3. The minimum Gasteiger partial charge on any atom is -0.492 e. The van der Waals surface area contributed by atoms with Crippen molar-refractivity contribution in [2.75, 3.05) is 27.2 Å². The molecule has 1 aliphatic carbocycles. The molecule has 1 aromatic carbocycles. The second kappa shape index (κ2) is 7.50. The third kappa shape index (κ3) is 3.96. The molecule has 0 atom stereocenters. The number of benzene rings is 1. The highest BCUT2D eigenvalue weighted by molar-refractivity contribution is 6.31. The molecular formula is C19H25ClN2O. The van der Waals surface area contributed by atoms with E-state index in [4.69, 9.17) is 21.3 Å². The van der Waals surface area contributed by atoms with Gasteiger partial charge >= 0.3 is 0 Å². The van der Waals surface area contributed by atoms with Gasteiger partial charge < -0.3 is 9.64 Å². The van der Waals surface area contributed by atoms with Crippen LogP contribution in [0, 0.1) is 0 Å².